The molecule has 0 radical (unpaired) electrons. The lowest BCUT2D eigenvalue weighted by molar-refractivity contribution is -0.170. The number of ether oxygens (including phenoxy) is 3. The molecule has 0 saturated carbocycles. The quantitative estimate of drug-likeness (QED) is 0.183. The van der Waals surface area contributed by atoms with E-state index in [1.54, 1.807) is 24.3 Å². The van der Waals surface area contributed by atoms with Crippen LogP contribution in [0.2, 0.25) is 0 Å². The van der Waals surface area contributed by atoms with Crippen LogP contribution < -0.4 is 9.64 Å². The van der Waals surface area contributed by atoms with E-state index in [2.05, 4.69) is 0 Å². The highest BCUT2D eigenvalue weighted by Gasteiger charge is 2.43. The molecule has 1 atom stereocenters. The van der Waals surface area contributed by atoms with Gasteiger partial charge in [-0.05, 0) is 40.8 Å². The standard InChI is InChI=1S/C34H30F3NO5/c35-34(36,37)33(40)38(20-24-11-13-27(14-12-24)28-17-18-41-23-28)29-15-16-30(32(39)43-22-26-9-5-2-6-10-26)31(19-29)42-21-25-7-3-1-4-8-25/h1-16,19,28H,17-18,20-23H2. The number of hydrogen-bond acceptors (Lipinski definition) is 5. The predicted molar refractivity (Wildman–Crippen MR) is 155 cm³/mol. The summed E-state index contributed by atoms with van der Waals surface area (Å²) in [6, 6.07) is 29.2. The molecule has 1 aliphatic rings. The average Bonchev–Trinajstić information content (AvgIpc) is 3.57. The third-order valence-corrected chi connectivity index (χ3v) is 7.16. The number of benzene rings is 4. The second-order valence-electron chi connectivity index (χ2n) is 10.2. The first-order valence-corrected chi connectivity index (χ1v) is 13.8. The van der Waals surface area contributed by atoms with Crippen molar-refractivity contribution in [3.63, 3.8) is 0 Å². The first kappa shape index (κ1) is 29.8. The summed E-state index contributed by atoms with van der Waals surface area (Å²) in [5.41, 5.74) is 3.06. The van der Waals surface area contributed by atoms with Crippen molar-refractivity contribution in [2.45, 2.75) is 38.3 Å². The van der Waals surface area contributed by atoms with Crippen LogP contribution in [0.3, 0.4) is 0 Å². The number of amides is 1. The highest BCUT2D eigenvalue weighted by molar-refractivity contribution is 5.99. The Kier molecular flexibility index (Phi) is 9.41. The molecular weight excluding hydrogens is 559 g/mol. The molecule has 0 spiro atoms. The van der Waals surface area contributed by atoms with E-state index in [1.807, 2.05) is 60.7 Å². The topological polar surface area (TPSA) is 65.1 Å². The van der Waals surface area contributed by atoms with E-state index in [-0.39, 0.29) is 42.7 Å². The highest BCUT2D eigenvalue weighted by Crippen LogP contribution is 2.32. The minimum absolute atomic E-state index is 0.00120. The number of hydrogen-bond donors (Lipinski definition) is 0. The van der Waals surface area contributed by atoms with E-state index < -0.39 is 18.1 Å². The lowest BCUT2D eigenvalue weighted by Crippen LogP contribution is -2.40. The number of rotatable bonds is 10. The molecule has 6 nitrogen and oxygen atoms in total. The molecule has 1 heterocycles. The van der Waals surface area contributed by atoms with E-state index in [9.17, 15) is 22.8 Å². The second-order valence-corrected chi connectivity index (χ2v) is 10.2. The van der Waals surface area contributed by atoms with Crippen LogP contribution in [-0.2, 0) is 34.0 Å². The maximum atomic E-state index is 13.8. The van der Waals surface area contributed by atoms with Crippen LogP contribution in [-0.4, -0.2) is 31.3 Å². The smallest absolute Gasteiger partial charge is 0.471 e. The summed E-state index contributed by atoms with van der Waals surface area (Å²) in [6.07, 6.45) is -4.25. The van der Waals surface area contributed by atoms with Gasteiger partial charge in [-0.15, -0.1) is 0 Å². The van der Waals surface area contributed by atoms with E-state index in [0.717, 1.165) is 23.1 Å². The number of anilines is 1. The summed E-state index contributed by atoms with van der Waals surface area (Å²) < 4.78 is 58.2. The number of alkyl halides is 3. The van der Waals surface area contributed by atoms with Crippen molar-refractivity contribution < 1.29 is 37.0 Å². The van der Waals surface area contributed by atoms with Gasteiger partial charge in [-0.25, -0.2) is 4.79 Å². The van der Waals surface area contributed by atoms with Crippen LogP contribution in [0.1, 0.15) is 45.0 Å². The number of esters is 1. The van der Waals surface area contributed by atoms with Gasteiger partial charge in [0.05, 0.1) is 13.2 Å². The summed E-state index contributed by atoms with van der Waals surface area (Å²) in [6.45, 7) is 0.981. The zero-order chi connectivity index (χ0) is 30.2. The van der Waals surface area contributed by atoms with Gasteiger partial charge in [-0.2, -0.15) is 13.2 Å². The van der Waals surface area contributed by atoms with Gasteiger partial charge in [-0.1, -0.05) is 84.9 Å². The fraction of sp³-hybridized carbons (Fsp3) is 0.235. The van der Waals surface area contributed by atoms with E-state index in [4.69, 9.17) is 14.2 Å². The summed E-state index contributed by atoms with van der Waals surface area (Å²) in [5, 5.41) is 0. The highest BCUT2D eigenvalue weighted by atomic mass is 19.4. The van der Waals surface area contributed by atoms with Gasteiger partial charge >= 0.3 is 18.1 Å². The zero-order valence-corrected chi connectivity index (χ0v) is 23.3. The zero-order valence-electron chi connectivity index (χ0n) is 23.3. The molecule has 9 heteroatoms. The number of carbonyl (C=O) groups is 2. The molecule has 1 fully saturated rings. The van der Waals surface area contributed by atoms with E-state index in [1.165, 1.54) is 18.2 Å². The fourth-order valence-electron chi connectivity index (χ4n) is 4.81. The molecular formula is C34H30F3NO5. The SMILES string of the molecule is O=C(OCc1ccccc1)c1ccc(N(Cc2ccc(C3CCOC3)cc2)C(=O)C(F)(F)F)cc1OCc1ccccc1. The molecule has 1 amide bonds. The summed E-state index contributed by atoms with van der Waals surface area (Å²) >= 11 is 0. The third-order valence-electron chi connectivity index (χ3n) is 7.16. The van der Waals surface area contributed by atoms with Crippen molar-refractivity contribution in [1.82, 2.24) is 0 Å². The maximum Gasteiger partial charge on any atom is 0.471 e. The molecule has 5 rings (SSSR count). The van der Waals surface area contributed by atoms with E-state index >= 15 is 0 Å². The van der Waals surface area contributed by atoms with Gasteiger partial charge in [0, 0.05) is 24.3 Å². The van der Waals surface area contributed by atoms with Crippen molar-refractivity contribution in [3.05, 3.63) is 131 Å². The van der Waals surface area contributed by atoms with Gasteiger partial charge in [-0.3, -0.25) is 4.79 Å². The van der Waals surface area contributed by atoms with Crippen molar-refractivity contribution in [1.29, 1.82) is 0 Å². The van der Waals surface area contributed by atoms with Gasteiger partial charge in [0.25, 0.3) is 0 Å². The largest absolute Gasteiger partial charge is 0.488 e. The Labute approximate surface area is 247 Å². The third kappa shape index (κ3) is 7.81. The maximum absolute atomic E-state index is 13.8. The lowest BCUT2D eigenvalue weighted by atomic mass is 9.97. The molecule has 4 aromatic carbocycles. The molecule has 0 aliphatic carbocycles. The Morgan fingerprint density at radius 2 is 1.47 bits per heavy atom. The van der Waals surface area contributed by atoms with Gasteiger partial charge in [0.1, 0.15) is 24.5 Å². The summed E-state index contributed by atoms with van der Waals surface area (Å²) in [7, 11) is 0. The van der Waals surface area contributed by atoms with Crippen LogP contribution in [0.4, 0.5) is 18.9 Å². The first-order valence-electron chi connectivity index (χ1n) is 13.8. The normalized spacial score (nSPS) is 14.7. The van der Waals surface area contributed by atoms with Crippen LogP contribution in [0.25, 0.3) is 0 Å². The molecule has 1 saturated heterocycles. The number of nitrogens with zero attached hydrogens (tertiary/aromatic N) is 1. The number of carbonyl (C=O) groups excluding carboxylic acids is 2. The van der Waals surface area contributed by atoms with Crippen LogP contribution in [0.15, 0.2) is 103 Å². The summed E-state index contributed by atoms with van der Waals surface area (Å²) in [4.78, 5) is 26.4. The Morgan fingerprint density at radius 3 is 2.07 bits per heavy atom. The molecule has 0 aromatic heterocycles. The van der Waals surface area contributed by atoms with Gasteiger partial charge in [0.15, 0.2) is 0 Å². The molecule has 1 unspecified atom stereocenters. The molecule has 222 valence electrons. The number of halogens is 3. The van der Waals surface area contributed by atoms with Gasteiger partial charge in [0.2, 0.25) is 0 Å². The Morgan fingerprint density at radius 1 is 0.814 bits per heavy atom. The lowest BCUT2D eigenvalue weighted by Gasteiger charge is -2.25. The Bertz CT molecular complexity index is 1520. The molecule has 1 aliphatic heterocycles. The predicted octanol–water partition coefficient (Wildman–Crippen LogP) is 7.22. The van der Waals surface area contributed by atoms with Crippen molar-refractivity contribution in [3.8, 4) is 5.75 Å². The van der Waals surface area contributed by atoms with Gasteiger partial charge < -0.3 is 19.1 Å². The molecule has 4 aromatic rings. The Balaban J connectivity index is 1.43. The van der Waals surface area contributed by atoms with Crippen LogP contribution >= 0.6 is 0 Å². The van der Waals surface area contributed by atoms with Crippen molar-refractivity contribution in [2.75, 3.05) is 18.1 Å². The second kappa shape index (κ2) is 13.6. The fourth-order valence-corrected chi connectivity index (χ4v) is 4.81. The molecule has 0 N–H and O–H groups in total. The van der Waals surface area contributed by atoms with E-state index in [0.29, 0.717) is 23.7 Å². The van der Waals surface area contributed by atoms with Crippen LogP contribution in [0, 0.1) is 0 Å². The Hall–Kier alpha value is -4.63. The van der Waals surface area contributed by atoms with Crippen molar-refractivity contribution in [2.24, 2.45) is 0 Å². The summed E-state index contributed by atoms with van der Waals surface area (Å²) in [5.74, 6) is -2.51. The van der Waals surface area contributed by atoms with Crippen molar-refractivity contribution >= 4 is 17.6 Å². The monoisotopic (exact) mass is 589 g/mol. The molecule has 43 heavy (non-hydrogen) atoms. The average molecular weight is 590 g/mol. The minimum atomic E-state index is -5.13. The van der Waals surface area contributed by atoms with Crippen LogP contribution in [0.5, 0.6) is 5.75 Å². The molecule has 0 bridgehead atoms. The minimum Gasteiger partial charge on any atom is -0.488 e. The first-order chi connectivity index (χ1) is 20.8.